The van der Waals surface area contributed by atoms with Crippen LogP contribution in [0.5, 0.6) is 0 Å². The van der Waals surface area contributed by atoms with Gasteiger partial charge < -0.3 is 10.3 Å². The summed E-state index contributed by atoms with van der Waals surface area (Å²) in [6, 6.07) is 18.5. The minimum absolute atomic E-state index is 0.166. The molecule has 0 aliphatic heterocycles. The molecule has 11 heteroatoms. The van der Waals surface area contributed by atoms with Gasteiger partial charge in [0.15, 0.2) is 17.1 Å². The van der Waals surface area contributed by atoms with Crippen molar-refractivity contribution in [1.29, 1.82) is 0 Å². The summed E-state index contributed by atoms with van der Waals surface area (Å²) in [5.41, 5.74) is 5.14. The highest BCUT2D eigenvalue weighted by Gasteiger charge is 2.22. The Labute approximate surface area is 231 Å². The number of pyridine rings is 4. The van der Waals surface area contributed by atoms with Crippen molar-refractivity contribution in [2.45, 2.75) is 6.42 Å². The summed E-state index contributed by atoms with van der Waals surface area (Å²) in [4.78, 5) is 37.8. The molecule has 7 aromatic rings. The number of rotatable bonds is 6. The molecule has 1 amide bonds. The normalized spacial score (nSPS) is 11.2. The van der Waals surface area contributed by atoms with Crippen LogP contribution in [0, 0.1) is 5.82 Å². The lowest BCUT2D eigenvalue weighted by Crippen LogP contribution is -2.14. The van der Waals surface area contributed by atoms with Gasteiger partial charge in [0.1, 0.15) is 17.0 Å². The maximum atomic E-state index is 16.1. The summed E-state index contributed by atoms with van der Waals surface area (Å²) in [6.07, 6.45) is 8.02. The molecular formula is C30H20FN9O. The minimum Gasteiger partial charge on any atom is -0.324 e. The predicted octanol–water partition coefficient (Wildman–Crippen LogP) is 5.34. The van der Waals surface area contributed by atoms with Crippen molar-refractivity contribution in [2.24, 2.45) is 0 Å². The SMILES string of the molecule is O=C(Cc1ccccc1)Nc1cncc(-c2cnc3[nH]nc(-c4nc5c(-c6ccccn6)ccnc5[nH]4)c3c2F)c1. The molecule has 10 nitrogen and oxygen atoms in total. The van der Waals surface area contributed by atoms with Gasteiger partial charge in [0.05, 0.1) is 29.4 Å². The zero-order valence-electron chi connectivity index (χ0n) is 21.3. The average Bonchev–Trinajstić information content (AvgIpc) is 3.63. The molecule has 6 heterocycles. The van der Waals surface area contributed by atoms with Crippen molar-refractivity contribution in [3.8, 4) is 33.9 Å². The van der Waals surface area contributed by atoms with Gasteiger partial charge in [-0.15, -0.1) is 0 Å². The number of imidazole rings is 1. The van der Waals surface area contributed by atoms with E-state index in [-0.39, 0.29) is 34.6 Å². The van der Waals surface area contributed by atoms with Crippen LogP contribution in [0.4, 0.5) is 10.1 Å². The Morgan fingerprint density at radius 1 is 0.878 bits per heavy atom. The predicted molar refractivity (Wildman–Crippen MR) is 152 cm³/mol. The van der Waals surface area contributed by atoms with E-state index in [0.717, 1.165) is 16.8 Å². The Morgan fingerprint density at radius 2 is 1.76 bits per heavy atom. The molecule has 0 saturated heterocycles. The van der Waals surface area contributed by atoms with Gasteiger partial charge in [-0.1, -0.05) is 36.4 Å². The zero-order valence-corrected chi connectivity index (χ0v) is 21.3. The summed E-state index contributed by atoms with van der Waals surface area (Å²) in [5.74, 6) is -0.420. The van der Waals surface area contributed by atoms with E-state index in [1.807, 2.05) is 54.6 Å². The van der Waals surface area contributed by atoms with Crippen LogP contribution in [0.1, 0.15) is 5.56 Å². The fourth-order valence-corrected chi connectivity index (χ4v) is 4.72. The van der Waals surface area contributed by atoms with E-state index < -0.39 is 5.82 Å². The van der Waals surface area contributed by atoms with Crippen LogP contribution in [0.15, 0.2) is 91.6 Å². The lowest BCUT2D eigenvalue weighted by atomic mass is 10.1. The molecule has 0 saturated carbocycles. The summed E-state index contributed by atoms with van der Waals surface area (Å²) in [5, 5.41) is 10.1. The van der Waals surface area contributed by atoms with Gasteiger partial charge in [-0.25, -0.2) is 19.3 Å². The topological polar surface area (TPSA) is 138 Å². The Morgan fingerprint density at radius 3 is 2.61 bits per heavy atom. The first-order chi connectivity index (χ1) is 20.1. The number of aromatic amines is 2. The smallest absolute Gasteiger partial charge is 0.228 e. The number of carbonyl (C=O) groups is 1. The lowest BCUT2D eigenvalue weighted by molar-refractivity contribution is -0.115. The highest BCUT2D eigenvalue weighted by molar-refractivity contribution is 5.97. The third kappa shape index (κ3) is 4.55. The van der Waals surface area contributed by atoms with Crippen LogP contribution < -0.4 is 5.32 Å². The van der Waals surface area contributed by atoms with Gasteiger partial charge in [0.25, 0.3) is 0 Å². The summed E-state index contributed by atoms with van der Waals surface area (Å²) < 4.78 is 16.1. The molecule has 0 bridgehead atoms. The molecule has 7 rings (SSSR count). The second-order valence-electron chi connectivity index (χ2n) is 9.31. The van der Waals surface area contributed by atoms with Gasteiger partial charge in [-0.3, -0.25) is 19.9 Å². The number of aromatic nitrogens is 8. The Balaban J connectivity index is 1.24. The van der Waals surface area contributed by atoms with Gasteiger partial charge in [-0.05, 0) is 29.8 Å². The van der Waals surface area contributed by atoms with Crippen molar-refractivity contribution >= 4 is 33.8 Å². The maximum absolute atomic E-state index is 16.1. The van der Waals surface area contributed by atoms with Crippen LogP contribution in [0.2, 0.25) is 0 Å². The average molecular weight is 542 g/mol. The van der Waals surface area contributed by atoms with Crippen LogP contribution in [-0.4, -0.2) is 46.0 Å². The van der Waals surface area contributed by atoms with E-state index >= 15 is 4.39 Å². The Bertz CT molecular complexity index is 2040. The van der Waals surface area contributed by atoms with E-state index in [4.69, 9.17) is 4.98 Å². The second kappa shape index (κ2) is 10.0. The first-order valence-corrected chi connectivity index (χ1v) is 12.7. The zero-order chi connectivity index (χ0) is 27.8. The van der Waals surface area contributed by atoms with Crippen molar-refractivity contribution in [2.75, 3.05) is 5.32 Å². The largest absolute Gasteiger partial charge is 0.324 e. The number of hydrogen-bond acceptors (Lipinski definition) is 7. The van der Waals surface area contributed by atoms with Crippen molar-refractivity contribution in [3.05, 3.63) is 103 Å². The molecule has 3 N–H and O–H groups in total. The fraction of sp³-hybridized carbons (Fsp3) is 0.0333. The molecule has 0 aliphatic carbocycles. The van der Waals surface area contributed by atoms with Gasteiger partial charge in [-0.2, -0.15) is 5.10 Å². The Kier molecular flexibility index (Phi) is 5.93. The number of halogens is 1. The molecule has 6 aromatic heterocycles. The summed E-state index contributed by atoms with van der Waals surface area (Å²) in [6.45, 7) is 0. The first kappa shape index (κ1) is 24.2. The summed E-state index contributed by atoms with van der Waals surface area (Å²) in [7, 11) is 0. The number of carbonyl (C=O) groups excluding carboxylic acids is 1. The molecule has 0 spiro atoms. The van der Waals surface area contributed by atoms with Crippen LogP contribution in [-0.2, 0) is 11.2 Å². The number of anilines is 1. The van der Waals surface area contributed by atoms with E-state index in [2.05, 4.69) is 40.4 Å². The first-order valence-electron chi connectivity index (χ1n) is 12.7. The number of fused-ring (bicyclic) bond motifs is 2. The number of amides is 1. The number of H-pyrrole nitrogens is 2. The quantitative estimate of drug-likeness (QED) is 0.258. The molecule has 0 fully saturated rings. The van der Waals surface area contributed by atoms with E-state index in [0.29, 0.717) is 28.2 Å². The molecule has 0 radical (unpaired) electrons. The molecule has 0 atom stereocenters. The van der Waals surface area contributed by atoms with Gasteiger partial charge >= 0.3 is 0 Å². The molecule has 41 heavy (non-hydrogen) atoms. The van der Waals surface area contributed by atoms with Gasteiger partial charge in [0, 0.05) is 41.5 Å². The Hall–Kier alpha value is -5.84. The lowest BCUT2D eigenvalue weighted by Gasteiger charge is -2.08. The van der Waals surface area contributed by atoms with Crippen molar-refractivity contribution in [1.82, 2.24) is 40.1 Å². The number of benzene rings is 1. The number of nitrogens with one attached hydrogen (secondary N) is 3. The third-order valence-corrected chi connectivity index (χ3v) is 6.62. The minimum atomic E-state index is -0.549. The van der Waals surface area contributed by atoms with Crippen molar-refractivity contribution in [3.63, 3.8) is 0 Å². The molecule has 0 unspecified atom stereocenters. The molecule has 198 valence electrons. The second-order valence-corrected chi connectivity index (χ2v) is 9.31. The number of nitrogens with zero attached hydrogens (tertiary/aromatic N) is 6. The van der Waals surface area contributed by atoms with E-state index in [1.54, 1.807) is 18.5 Å². The highest BCUT2D eigenvalue weighted by atomic mass is 19.1. The number of hydrogen-bond donors (Lipinski definition) is 3. The monoisotopic (exact) mass is 541 g/mol. The van der Waals surface area contributed by atoms with E-state index in [1.165, 1.54) is 18.6 Å². The van der Waals surface area contributed by atoms with Crippen LogP contribution >= 0.6 is 0 Å². The molecule has 0 aliphatic rings. The molecular weight excluding hydrogens is 521 g/mol. The van der Waals surface area contributed by atoms with Gasteiger partial charge in [0.2, 0.25) is 5.91 Å². The molecule has 1 aromatic carbocycles. The fourth-order valence-electron chi connectivity index (χ4n) is 4.72. The van der Waals surface area contributed by atoms with Crippen LogP contribution in [0.3, 0.4) is 0 Å². The van der Waals surface area contributed by atoms with E-state index in [9.17, 15) is 4.79 Å². The highest BCUT2D eigenvalue weighted by Crippen LogP contribution is 2.34. The third-order valence-electron chi connectivity index (χ3n) is 6.62. The maximum Gasteiger partial charge on any atom is 0.228 e. The van der Waals surface area contributed by atoms with Crippen molar-refractivity contribution < 1.29 is 9.18 Å². The van der Waals surface area contributed by atoms with Crippen LogP contribution in [0.25, 0.3) is 56.1 Å². The standard InChI is InChI=1S/C30H20FN9O/c31-25-21(18-13-19(15-32-14-18)36-23(41)12-17-6-2-1-3-7-17)16-35-28-24(25)27(39-40-28)30-37-26-20(9-11-34-29(26)38-30)22-8-4-5-10-33-22/h1-11,13-16H,12H2,(H,36,41)(H,34,37,38)(H,35,39,40). The summed E-state index contributed by atoms with van der Waals surface area (Å²) >= 11 is 0.